The Kier molecular flexibility index (Phi) is 4.43. The maximum atomic E-state index is 12.3. The minimum Gasteiger partial charge on any atom is -0.326 e. The molecule has 0 saturated heterocycles. The van der Waals surface area contributed by atoms with Gasteiger partial charge in [-0.15, -0.1) is 0 Å². The van der Waals surface area contributed by atoms with Crippen LogP contribution in [0.2, 0.25) is 0 Å². The Morgan fingerprint density at radius 1 is 1.17 bits per heavy atom. The first-order valence-electron chi connectivity index (χ1n) is 7.09. The molecule has 1 aromatic carbocycles. The van der Waals surface area contributed by atoms with Gasteiger partial charge in [0.25, 0.3) is 0 Å². The van der Waals surface area contributed by atoms with Crippen molar-refractivity contribution in [3.63, 3.8) is 0 Å². The van der Waals surface area contributed by atoms with E-state index in [4.69, 9.17) is 0 Å². The highest BCUT2D eigenvalue weighted by Gasteiger charge is 2.10. The van der Waals surface area contributed by atoms with Gasteiger partial charge in [0.05, 0.1) is 17.5 Å². The highest BCUT2D eigenvalue weighted by Crippen LogP contribution is 2.20. The number of benzene rings is 1. The van der Waals surface area contributed by atoms with Gasteiger partial charge in [0.15, 0.2) is 10.9 Å². The highest BCUT2D eigenvalue weighted by atomic mass is 32.2. The molecule has 0 spiro atoms. The summed E-state index contributed by atoms with van der Waals surface area (Å²) in [6.07, 6.45) is 3.71. The van der Waals surface area contributed by atoms with Gasteiger partial charge in [0.2, 0.25) is 5.91 Å². The van der Waals surface area contributed by atoms with Crippen LogP contribution in [-0.2, 0) is 4.79 Å². The number of hydrogen-bond donors (Lipinski definition) is 1. The average Bonchev–Trinajstić information content (AvgIpc) is 2.96. The van der Waals surface area contributed by atoms with E-state index in [1.165, 1.54) is 18.7 Å². The maximum Gasteiger partial charge on any atom is 0.221 e. The molecule has 0 saturated carbocycles. The van der Waals surface area contributed by atoms with E-state index in [2.05, 4.69) is 10.3 Å². The predicted octanol–water partition coefficient (Wildman–Crippen LogP) is 3.27. The van der Waals surface area contributed by atoms with Crippen LogP contribution in [0.3, 0.4) is 0 Å². The first-order chi connectivity index (χ1) is 11.1. The first-order valence-corrected chi connectivity index (χ1v) is 8.08. The summed E-state index contributed by atoms with van der Waals surface area (Å²) in [5, 5.41) is 3.47. The molecule has 2 aromatic heterocycles. The molecule has 0 aliphatic rings. The number of amides is 1. The lowest BCUT2D eigenvalue weighted by molar-refractivity contribution is -0.114. The summed E-state index contributed by atoms with van der Waals surface area (Å²) in [5.74, 6) is 0.205. The Morgan fingerprint density at radius 2 is 1.96 bits per heavy atom. The number of hydrogen-bond acceptors (Lipinski definition) is 4. The normalized spacial score (nSPS) is 10.7. The fourth-order valence-corrected chi connectivity index (χ4v) is 3.04. The van der Waals surface area contributed by atoms with Gasteiger partial charge in [0, 0.05) is 24.4 Å². The van der Waals surface area contributed by atoms with E-state index in [1.54, 1.807) is 30.5 Å². The van der Waals surface area contributed by atoms with E-state index in [0.717, 1.165) is 10.7 Å². The van der Waals surface area contributed by atoms with Gasteiger partial charge in [0.1, 0.15) is 0 Å². The van der Waals surface area contributed by atoms with E-state index in [-0.39, 0.29) is 11.7 Å². The zero-order valence-electron chi connectivity index (χ0n) is 12.5. The number of ketones is 1. The molecule has 0 unspecified atom stereocenters. The highest BCUT2D eigenvalue weighted by molar-refractivity contribution is 7.99. The lowest BCUT2D eigenvalue weighted by atomic mass is 10.1. The van der Waals surface area contributed by atoms with Crippen LogP contribution < -0.4 is 5.32 Å². The van der Waals surface area contributed by atoms with Crippen molar-refractivity contribution >= 4 is 34.7 Å². The predicted molar refractivity (Wildman–Crippen MR) is 91.0 cm³/mol. The van der Waals surface area contributed by atoms with Crippen molar-refractivity contribution in [1.29, 1.82) is 0 Å². The van der Waals surface area contributed by atoms with Gasteiger partial charge in [-0.25, -0.2) is 4.98 Å². The summed E-state index contributed by atoms with van der Waals surface area (Å²) in [7, 11) is 0. The van der Waals surface area contributed by atoms with Crippen molar-refractivity contribution in [2.75, 3.05) is 11.1 Å². The Bertz CT molecular complexity index is 856. The van der Waals surface area contributed by atoms with Crippen LogP contribution in [0.25, 0.3) is 5.52 Å². The monoisotopic (exact) mass is 325 g/mol. The zero-order valence-corrected chi connectivity index (χ0v) is 13.3. The Balaban J connectivity index is 1.66. The number of pyridine rings is 1. The number of fused-ring (bicyclic) bond motifs is 1. The van der Waals surface area contributed by atoms with Crippen LogP contribution >= 0.6 is 11.8 Å². The molecule has 2 heterocycles. The molecule has 3 rings (SSSR count). The fourth-order valence-electron chi connectivity index (χ4n) is 2.18. The van der Waals surface area contributed by atoms with Crippen molar-refractivity contribution in [3.8, 4) is 0 Å². The third-order valence-corrected chi connectivity index (χ3v) is 4.23. The number of nitrogens with zero attached hydrogens (tertiary/aromatic N) is 2. The molecule has 0 fully saturated rings. The van der Waals surface area contributed by atoms with Crippen molar-refractivity contribution < 1.29 is 9.59 Å². The number of Topliss-reactive ketones (excluding diaryl/α,β-unsaturated/α-hetero) is 1. The third kappa shape index (κ3) is 3.60. The number of thioether (sulfide) groups is 1. The fraction of sp³-hybridized carbons (Fsp3) is 0.118. The second-order valence-corrected chi connectivity index (χ2v) is 5.95. The SMILES string of the molecule is CC(=O)Nc1ccc(C(=O)CSc2ncc3ccccn23)cc1. The second-order valence-electron chi connectivity index (χ2n) is 5.01. The summed E-state index contributed by atoms with van der Waals surface area (Å²) in [6, 6.07) is 12.7. The molecule has 1 N–H and O–H groups in total. The van der Waals surface area contributed by atoms with Crippen molar-refractivity contribution in [2.45, 2.75) is 12.1 Å². The summed E-state index contributed by atoms with van der Waals surface area (Å²) < 4.78 is 1.96. The largest absolute Gasteiger partial charge is 0.326 e. The standard InChI is InChI=1S/C17H15N3O2S/c1-12(21)19-14-7-5-13(6-8-14)16(22)11-23-17-18-10-15-4-2-3-9-20(15)17/h2-10H,11H2,1H3,(H,19,21). The number of carbonyl (C=O) groups is 2. The molecule has 0 aliphatic carbocycles. The average molecular weight is 325 g/mol. The molecule has 3 aromatic rings. The third-order valence-electron chi connectivity index (χ3n) is 3.26. The zero-order chi connectivity index (χ0) is 16.2. The van der Waals surface area contributed by atoms with Crippen LogP contribution in [0.4, 0.5) is 5.69 Å². The van der Waals surface area contributed by atoms with Crippen LogP contribution in [-0.4, -0.2) is 26.8 Å². The number of aromatic nitrogens is 2. The lowest BCUT2D eigenvalue weighted by Gasteiger charge is -2.04. The molecule has 6 heteroatoms. The molecular formula is C17H15N3O2S. The van der Waals surface area contributed by atoms with E-state index in [9.17, 15) is 9.59 Å². The van der Waals surface area contributed by atoms with E-state index >= 15 is 0 Å². The van der Waals surface area contributed by atoms with Gasteiger partial charge in [-0.1, -0.05) is 17.8 Å². The van der Waals surface area contributed by atoms with Crippen molar-refractivity contribution in [1.82, 2.24) is 9.38 Å². The molecule has 116 valence electrons. The van der Waals surface area contributed by atoms with Crippen LogP contribution in [0.15, 0.2) is 60.0 Å². The van der Waals surface area contributed by atoms with E-state index in [1.807, 2.05) is 28.8 Å². The van der Waals surface area contributed by atoms with Crippen LogP contribution in [0, 0.1) is 0 Å². The lowest BCUT2D eigenvalue weighted by Crippen LogP contribution is -2.07. The summed E-state index contributed by atoms with van der Waals surface area (Å²) in [5.41, 5.74) is 2.30. The Morgan fingerprint density at radius 3 is 2.70 bits per heavy atom. The van der Waals surface area contributed by atoms with Gasteiger partial charge in [-0.3, -0.25) is 14.0 Å². The van der Waals surface area contributed by atoms with Crippen molar-refractivity contribution in [3.05, 3.63) is 60.4 Å². The molecule has 0 atom stereocenters. The van der Waals surface area contributed by atoms with Crippen LogP contribution in [0.1, 0.15) is 17.3 Å². The number of rotatable bonds is 5. The quantitative estimate of drug-likeness (QED) is 0.578. The molecule has 0 aliphatic heterocycles. The summed E-state index contributed by atoms with van der Waals surface area (Å²) >= 11 is 1.41. The topological polar surface area (TPSA) is 63.5 Å². The minimum atomic E-state index is -0.134. The number of anilines is 1. The van der Waals surface area contributed by atoms with E-state index < -0.39 is 0 Å². The van der Waals surface area contributed by atoms with E-state index in [0.29, 0.717) is 17.0 Å². The number of nitrogens with one attached hydrogen (secondary N) is 1. The molecule has 1 amide bonds. The minimum absolute atomic E-state index is 0.0251. The number of imidazole rings is 1. The second kappa shape index (κ2) is 6.66. The molecule has 0 radical (unpaired) electrons. The van der Waals surface area contributed by atoms with Crippen molar-refractivity contribution in [2.24, 2.45) is 0 Å². The summed E-state index contributed by atoms with van der Waals surface area (Å²) in [6.45, 7) is 1.45. The maximum absolute atomic E-state index is 12.3. The van der Waals surface area contributed by atoms with Gasteiger partial charge >= 0.3 is 0 Å². The summed E-state index contributed by atoms with van der Waals surface area (Å²) in [4.78, 5) is 27.6. The molecule has 5 nitrogen and oxygen atoms in total. The first kappa shape index (κ1) is 15.3. The number of carbonyl (C=O) groups excluding carboxylic acids is 2. The van der Waals surface area contributed by atoms with Gasteiger partial charge in [-0.05, 0) is 36.4 Å². The Labute approximate surface area is 137 Å². The Hall–Kier alpha value is -2.60. The molecule has 0 bridgehead atoms. The molecular weight excluding hydrogens is 310 g/mol. The molecule has 23 heavy (non-hydrogen) atoms. The van der Waals surface area contributed by atoms with Gasteiger partial charge < -0.3 is 5.32 Å². The smallest absolute Gasteiger partial charge is 0.221 e. The van der Waals surface area contributed by atoms with Gasteiger partial charge in [-0.2, -0.15) is 0 Å². The van der Waals surface area contributed by atoms with Crippen LogP contribution in [0.5, 0.6) is 0 Å².